The predicted molar refractivity (Wildman–Crippen MR) is 84.2 cm³/mol. The maximum Gasteiger partial charge on any atom is 0.119 e. The van der Waals surface area contributed by atoms with E-state index in [4.69, 9.17) is 10.5 Å². The molecule has 1 unspecified atom stereocenters. The Balaban J connectivity index is 2.56. The van der Waals surface area contributed by atoms with Gasteiger partial charge in [-0.1, -0.05) is 13.0 Å². The first-order valence-electron chi connectivity index (χ1n) is 7.73. The summed E-state index contributed by atoms with van der Waals surface area (Å²) in [7, 11) is 1.73. The number of benzene rings is 1. The third-order valence-electron chi connectivity index (χ3n) is 4.71. The molecular weight excluding hydrogens is 248 g/mol. The van der Waals surface area contributed by atoms with Crippen molar-refractivity contribution in [2.75, 3.05) is 20.2 Å². The minimum atomic E-state index is -0.0367. The topological polar surface area (TPSA) is 38.5 Å². The van der Waals surface area contributed by atoms with E-state index in [1.54, 1.807) is 7.11 Å². The molecule has 0 saturated carbocycles. The third-order valence-corrected chi connectivity index (χ3v) is 4.71. The van der Waals surface area contributed by atoms with Crippen LogP contribution in [0.1, 0.15) is 44.7 Å². The molecule has 1 atom stereocenters. The van der Waals surface area contributed by atoms with Gasteiger partial charge in [0.15, 0.2) is 0 Å². The summed E-state index contributed by atoms with van der Waals surface area (Å²) in [5, 5.41) is 0. The number of rotatable bonds is 5. The standard InChI is InChI=1S/C17H28N2O/c1-5-19(13(2)3)17(12-18)10-6-7-14-8-9-15(20-4)11-16(14)17/h8-9,11,13H,5-7,10,12,18H2,1-4H3. The number of methoxy groups -OCH3 is 1. The summed E-state index contributed by atoms with van der Waals surface area (Å²) in [6.07, 6.45) is 3.49. The third kappa shape index (κ3) is 2.45. The summed E-state index contributed by atoms with van der Waals surface area (Å²) < 4.78 is 5.43. The molecule has 112 valence electrons. The molecule has 0 radical (unpaired) electrons. The van der Waals surface area contributed by atoms with Crippen molar-refractivity contribution < 1.29 is 4.74 Å². The van der Waals surface area contributed by atoms with Crippen LogP contribution in [0.15, 0.2) is 18.2 Å². The van der Waals surface area contributed by atoms with E-state index in [0.29, 0.717) is 12.6 Å². The zero-order valence-electron chi connectivity index (χ0n) is 13.3. The zero-order valence-corrected chi connectivity index (χ0v) is 13.3. The molecule has 3 nitrogen and oxygen atoms in total. The fourth-order valence-electron chi connectivity index (χ4n) is 3.83. The molecule has 0 spiro atoms. The largest absolute Gasteiger partial charge is 0.497 e. The first-order valence-corrected chi connectivity index (χ1v) is 7.73. The molecular formula is C17H28N2O. The van der Waals surface area contributed by atoms with Crippen molar-refractivity contribution in [2.45, 2.75) is 51.6 Å². The fraction of sp³-hybridized carbons (Fsp3) is 0.647. The molecule has 0 heterocycles. The molecule has 1 aromatic carbocycles. The van der Waals surface area contributed by atoms with Crippen molar-refractivity contribution in [2.24, 2.45) is 5.73 Å². The quantitative estimate of drug-likeness (QED) is 0.898. The van der Waals surface area contributed by atoms with Crippen LogP contribution in [0.25, 0.3) is 0 Å². The van der Waals surface area contributed by atoms with Gasteiger partial charge >= 0.3 is 0 Å². The Morgan fingerprint density at radius 2 is 2.15 bits per heavy atom. The van der Waals surface area contributed by atoms with Crippen LogP contribution >= 0.6 is 0 Å². The zero-order chi connectivity index (χ0) is 14.8. The highest BCUT2D eigenvalue weighted by Crippen LogP contribution is 2.41. The van der Waals surface area contributed by atoms with Gasteiger partial charge in [0.25, 0.3) is 0 Å². The Bertz CT molecular complexity index is 458. The van der Waals surface area contributed by atoms with Crippen LogP contribution < -0.4 is 10.5 Å². The van der Waals surface area contributed by atoms with Crippen molar-refractivity contribution in [3.05, 3.63) is 29.3 Å². The molecule has 0 bridgehead atoms. The second-order valence-corrected chi connectivity index (χ2v) is 5.99. The summed E-state index contributed by atoms with van der Waals surface area (Å²) in [4.78, 5) is 2.55. The van der Waals surface area contributed by atoms with E-state index in [2.05, 4.69) is 43.9 Å². The summed E-state index contributed by atoms with van der Waals surface area (Å²) in [6, 6.07) is 6.97. The van der Waals surface area contributed by atoms with Crippen LogP contribution in [0.4, 0.5) is 0 Å². The monoisotopic (exact) mass is 276 g/mol. The van der Waals surface area contributed by atoms with Gasteiger partial charge in [-0.2, -0.15) is 0 Å². The van der Waals surface area contributed by atoms with Crippen molar-refractivity contribution in [3.63, 3.8) is 0 Å². The molecule has 0 fully saturated rings. The molecule has 2 rings (SSSR count). The summed E-state index contributed by atoms with van der Waals surface area (Å²) in [5.41, 5.74) is 9.05. The molecule has 20 heavy (non-hydrogen) atoms. The Kier molecular flexibility index (Phi) is 4.71. The van der Waals surface area contributed by atoms with E-state index in [9.17, 15) is 0 Å². The second-order valence-electron chi connectivity index (χ2n) is 5.99. The van der Waals surface area contributed by atoms with Crippen LogP contribution in [0.2, 0.25) is 0 Å². The highest BCUT2D eigenvalue weighted by Gasteiger charge is 2.41. The average molecular weight is 276 g/mol. The van der Waals surface area contributed by atoms with Crippen LogP contribution in [-0.4, -0.2) is 31.1 Å². The number of hydrogen-bond acceptors (Lipinski definition) is 3. The number of nitrogens with two attached hydrogens (primary N) is 1. The van der Waals surface area contributed by atoms with Crippen molar-refractivity contribution in [1.82, 2.24) is 4.90 Å². The van der Waals surface area contributed by atoms with Gasteiger partial charge in [0.2, 0.25) is 0 Å². The maximum absolute atomic E-state index is 6.28. The van der Waals surface area contributed by atoms with Crippen LogP contribution in [-0.2, 0) is 12.0 Å². The number of hydrogen-bond donors (Lipinski definition) is 1. The summed E-state index contributed by atoms with van der Waals surface area (Å²) in [6.45, 7) is 8.43. The number of likely N-dealkylation sites (N-methyl/N-ethyl adjacent to an activating group) is 1. The molecule has 2 N–H and O–H groups in total. The Hall–Kier alpha value is -1.06. The maximum atomic E-state index is 6.28. The normalized spacial score (nSPS) is 22.1. The molecule has 0 aliphatic heterocycles. The average Bonchev–Trinajstić information content (AvgIpc) is 2.47. The Morgan fingerprint density at radius 3 is 2.70 bits per heavy atom. The molecule has 1 aliphatic rings. The van der Waals surface area contributed by atoms with E-state index >= 15 is 0 Å². The smallest absolute Gasteiger partial charge is 0.119 e. The fourth-order valence-corrected chi connectivity index (χ4v) is 3.83. The first-order chi connectivity index (χ1) is 9.58. The van der Waals surface area contributed by atoms with E-state index in [1.807, 2.05) is 0 Å². The van der Waals surface area contributed by atoms with Crippen LogP contribution in [0.3, 0.4) is 0 Å². The van der Waals surface area contributed by atoms with Crippen LogP contribution in [0.5, 0.6) is 5.75 Å². The van der Waals surface area contributed by atoms with E-state index in [0.717, 1.165) is 25.1 Å². The lowest BCUT2D eigenvalue weighted by atomic mass is 9.74. The Labute approximate surface area is 123 Å². The van der Waals surface area contributed by atoms with Gasteiger partial charge in [-0.3, -0.25) is 4.90 Å². The molecule has 0 aromatic heterocycles. The van der Waals surface area contributed by atoms with E-state index < -0.39 is 0 Å². The van der Waals surface area contributed by atoms with Gasteiger partial charge in [-0.05, 0) is 62.9 Å². The Morgan fingerprint density at radius 1 is 1.40 bits per heavy atom. The lowest BCUT2D eigenvalue weighted by molar-refractivity contribution is 0.0489. The van der Waals surface area contributed by atoms with E-state index in [1.165, 1.54) is 17.5 Å². The number of aryl methyl sites for hydroxylation is 1. The minimum Gasteiger partial charge on any atom is -0.497 e. The first kappa shape index (κ1) is 15.3. The molecule has 1 aromatic rings. The summed E-state index contributed by atoms with van der Waals surface area (Å²) >= 11 is 0. The van der Waals surface area contributed by atoms with Gasteiger partial charge < -0.3 is 10.5 Å². The van der Waals surface area contributed by atoms with Gasteiger partial charge in [-0.25, -0.2) is 0 Å². The number of ether oxygens (including phenoxy) is 1. The number of fused-ring (bicyclic) bond motifs is 1. The highest BCUT2D eigenvalue weighted by atomic mass is 16.5. The minimum absolute atomic E-state index is 0.0367. The lowest BCUT2D eigenvalue weighted by Crippen LogP contribution is -2.55. The molecule has 1 aliphatic carbocycles. The van der Waals surface area contributed by atoms with Gasteiger partial charge in [0.05, 0.1) is 12.6 Å². The highest BCUT2D eigenvalue weighted by molar-refractivity contribution is 5.42. The summed E-state index contributed by atoms with van der Waals surface area (Å²) in [5.74, 6) is 0.934. The van der Waals surface area contributed by atoms with Gasteiger partial charge in [0, 0.05) is 12.6 Å². The molecule has 3 heteroatoms. The van der Waals surface area contributed by atoms with Crippen molar-refractivity contribution in [1.29, 1.82) is 0 Å². The molecule has 0 amide bonds. The molecule has 0 saturated heterocycles. The predicted octanol–water partition coefficient (Wildman–Crippen LogP) is 2.92. The number of nitrogens with zero attached hydrogens (tertiary/aromatic N) is 1. The van der Waals surface area contributed by atoms with Gasteiger partial charge in [0.1, 0.15) is 5.75 Å². The van der Waals surface area contributed by atoms with E-state index in [-0.39, 0.29) is 5.54 Å². The van der Waals surface area contributed by atoms with Crippen molar-refractivity contribution >= 4 is 0 Å². The second kappa shape index (κ2) is 6.15. The van der Waals surface area contributed by atoms with Crippen LogP contribution in [0, 0.1) is 0 Å². The lowest BCUT2D eigenvalue weighted by Gasteiger charge is -2.49. The van der Waals surface area contributed by atoms with Gasteiger partial charge in [-0.15, -0.1) is 0 Å². The van der Waals surface area contributed by atoms with Crippen molar-refractivity contribution in [3.8, 4) is 5.75 Å². The SMILES string of the molecule is CCN(C(C)C)C1(CN)CCCc2ccc(OC)cc21.